The quantitative estimate of drug-likeness (QED) is 0.114. The van der Waals surface area contributed by atoms with Crippen molar-refractivity contribution in [2.75, 3.05) is 0 Å². The summed E-state index contributed by atoms with van der Waals surface area (Å²) in [5.74, 6) is 0. The van der Waals surface area contributed by atoms with Gasteiger partial charge in [-0.25, -0.2) is 0 Å². The molecule has 68 heavy (non-hydrogen) atoms. The fourth-order valence-corrected chi connectivity index (χ4v) is 11.1. The summed E-state index contributed by atoms with van der Waals surface area (Å²) in [6.07, 6.45) is 40.6. The van der Waals surface area contributed by atoms with Gasteiger partial charge in [-0.05, 0) is 193 Å². The molecule has 0 amide bonds. The minimum absolute atomic E-state index is 1.21. The molecule has 10 rings (SSSR count). The molecule has 0 heterocycles. The predicted octanol–water partition coefficient (Wildman–Crippen LogP) is 19.9. The molecule has 0 bridgehead atoms. The van der Waals surface area contributed by atoms with Crippen molar-refractivity contribution < 1.29 is 0 Å². The third-order valence-corrected chi connectivity index (χ3v) is 15.1. The van der Waals surface area contributed by atoms with Crippen molar-refractivity contribution in [3.63, 3.8) is 0 Å². The minimum Gasteiger partial charge on any atom is -0.0696 e. The highest BCUT2D eigenvalue weighted by atomic mass is 14.2. The molecule has 0 nitrogen and oxygen atoms in total. The number of hydrogen-bond acceptors (Lipinski definition) is 0. The lowest BCUT2D eigenvalue weighted by Gasteiger charge is -2.15. The van der Waals surface area contributed by atoms with Crippen molar-refractivity contribution in [1.29, 1.82) is 0 Å². The second-order valence-electron chi connectivity index (χ2n) is 20.3. The van der Waals surface area contributed by atoms with Crippen LogP contribution in [0.2, 0.25) is 0 Å². The summed E-state index contributed by atoms with van der Waals surface area (Å²) in [5, 5.41) is 0. The molecule has 6 aromatic rings. The Morgan fingerprint density at radius 2 is 0.426 bits per heavy atom. The molecule has 0 radical (unpaired) electrons. The van der Waals surface area contributed by atoms with E-state index in [4.69, 9.17) is 0 Å². The van der Waals surface area contributed by atoms with Gasteiger partial charge in [0.15, 0.2) is 0 Å². The van der Waals surface area contributed by atoms with E-state index in [2.05, 4.69) is 182 Å². The maximum absolute atomic E-state index is 2.43. The molecule has 0 saturated heterocycles. The van der Waals surface area contributed by atoms with Crippen LogP contribution in [-0.2, 0) is 0 Å². The van der Waals surface area contributed by atoms with E-state index in [9.17, 15) is 0 Å². The van der Waals surface area contributed by atoms with E-state index >= 15 is 0 Å². The molecule has 4 saturated carbocycles. The first-order valence-corrected chi connectivity index (χ1v) is 26.5. The topological polar surface area (TPSA) is 0 Å². The van der Waals surface area contributed by atoms with Gasteiger partial charge < -0.3 is 0 Å². The smallest absolute Gasteiger partial charge is 0.0105 e. The molecule has 0 spiro atoms. The van der Waals surface area contributed by atoms with Gasteiger partial charge in [-0.2, -0.15) is 0 Å². The van der Waals surface area contributed by atoms with Crippen LogP contribution in [0.4, 0.5) is 0 Å². The molecule has 4 aliphatic carbocycles. The van der Waals surface area contributed by atoms with Crippen LogP contribution in [0.15, 0.2) is 168 Å². The van der Waals surface area contributed by atoms with Crippen LogP contribution in [0.3, 0.4) is 0 Å². The van der Waals surface area contributed by atoms with E-state index in [-0.39, 0.29) is 0 Å². The summed E-state index contributed by atoms with van der Waals surface area (Å²) >= 11 is 0. The van der Waals surface area contributed by atoms with Crippen molar-refractivity contribution in [1.82, 2.24) is 0 Å². The van der Waals surface area contributed by atoms with Gasteiger partial charge in [-0.1, -0.05) is 218 Å². The van der Waals surface area contributed by atoms with E-state index in [0.717, 1.165) is 0 Å². The molecule has 0 atom stereocenters. The van der Waals surface area contributed by atoms with Gasteiger partial charge in [0.1, 0.15) is 0 Å². The zero-order valence-corrected chi connectivity index (χ0v) is 40.5. The fraction of sp³-hybridized carbons (Fsp3) is 0.294. The fourth-order valence-electron chi connectivity index (χ4n) is 11.1. The Morgan fingerprint density at radius 3 is 0.647 bits per heavy atom. The molecule has 0 N–H and O–H groups in total. The van der Waals surface area contributed by atoms with Crippen molar-refractivity contribution in [2.45, 2.75) is 128 Å². The zero-order valence-electron chi connectivity index (χ0n) is 40.5. The lowest BCUT2D eigenvalue weighted by Crippen LogP contribution is -1.94. The number of benzene rings is 6. The molecule has 0 aliphatic heterocycles. The van der Waals surface area contributed by atoms with Gasteiger partial charge in [0.2, 0.25) is 0 Å². The summed E-state index contributed by atoms with van der Waals surface area (Å²) in [6.45, 7) is 0. The SMILES string of the molecule is C(=C1CCCCC1)c1ccc(C(=Cc2ccc(-c3ccc(C=C(c4ccc(C=C5CCCCC5)cc4)c4ccc(C=C5CCCCC5)cc4)cc3)cc2)c2ccc(C=C3CCCCC3)cc2)cc1. The standard InChI is InChI=1S/C68H70/c1-5-13-51(14-6-1)45-55-25-37-63(38-26-55)67(64-39-27-56(28-40-64)46-52-15-7-2-8-16-52)49-59-21-33-61(34-22-59)62-35-23-60(24-36-62)50-68(65-41-29-57(30-42-65)47-53-17-9-3-10-18-53)66-43-31-58(32-44-66)48-54-19-11-4-12-20-54/h21-50H,1-20H2. The molecule has 4 aliphatic rings. The summed E-state index contributed by atoms with van der Waals surface area (Å²) in [6, 6.07) is 55.4. The van der Waals surface area contributed by atoms with Crippen molar-refractivity contribution in [3.8, 4) is 11.1 Å². The van der Waals surface area contributed by atoms with E-state index < -0.39 is 0 Å². The molecule has 6 aromatic carbocycles. The highest BCUT2D eigenvalue weighted by Gasteiger charge is 2.13. The van der Waals surface area contributed by atoms with Crippen LogP contribution >= 0.6 is 0 Å². The highest BCUT2D eigenvalue weighted by molar-refractivity contribution is 5.93. The van der Waals surface area contributed by atoms with Crippen LogP contribution in [0, 0.1) is 0 Å². The van der Waals surface area contributed by atoms with E-state index in [1.165, 1.54) is 206 Å². The van der Waals surface area contributed by atoms with Crippen molar-refractivity contribution >= 4 is 47.6 Å². The Balaban J connectivity index is 0.908. The minimum atomic E-state index is 1.21. The highest BCUT2D eigenvalue weighted by Crippen LogP contribution is 2.34. The summed E-state index contributed by atoms with van der Waals surface area (Å²) in [5.41, 5.74) is 24.0. The lowest BCUT2D eigenvalue weighted by atomic mass is 9.91. The van der Waals surface area contributed by atoms with E-state index in [1.54, 1.807) is 22.3 Å². The molecule has 342 valence electrons. The van der Waals surface area contributed by atoms with Crippen molar-refractivity contribution in [2.24, 2.45) is 0 Å². The van der Waals surface area contributed by atoms with Gasteiger partial charge in [0.05, 0.1) is 0 Å². The van der Waals surface area contributed by atoms with Gasteiger partial charge in [-0.3, -0.25) is 0 Å². The Morgan fingerprint density at radius 1 is 0.221 bits per heavy atom. The Bertz CT molecular complexity index is 2420. The molecular weight excluding hydrogens is 817 g/mol. The lowest BCUT2D eigenvalue weighted by molar-refractivity contribution is 0.602. The Kier molecular flexibility index (Phi) is 15.2. The Hall–Kier alpha value is -6.24. The first-order chi connectivity index (χ1) is 33.6. The average Bonchev–Trinajstić information content (AvgIpc) is 3.40. The molecule has 4 fully saturated rings. The maximum atomic E-state index is 2.43. The number of hydrogen-bond donors (Lipinski definition) is 0. The monoisotopic (exact) mass is 887 g/mol. The van der Waals surface area contributed by atoms with Gasteiger partial charge in [0, 0.05) is 0 Å². The first kappa shape index (κ1) is 45.5. The van der Waals surface area contributed by atoms with Crippen LogP contribution < -0.4 is 0 Å². The normalized spacial score (nSPS) is 16.4. The van der Waals surface area contributed by atoms with E-state index in [1.807, 2.05) is 0 Å². The number of rotatable bonds is 11. The second-order valence-corrected chi connectivity index (χ2v) is 20.3. The van der Waals surface area contributed by atoms with Gasteiger partial charge in [-0.15, -0.1) is 0 Å². The van der Waals surface area contributed by atoms with E-state index in [0.29, 0.717) is 0 Å². The van der Waals surface area contributed by atoms with Gasteiger partial charge in [0.25, 0.3) is 0 Å². The van der Waals surface area contributed by atoms with Gasteiger partial charge >= 0.3 is 0 Å². The third kappa shape index (κ3) is 12.3. The maximum Gasteiger partial charge on any atom is -0.0105 e. The third-order valence-electron chi connectivity index (χ3n) is 15.1. The summed E-state index contributed by atoms with van der Waals surface area (Å²) < 4.78 is 0. The summed E-state index contributed by atoms with van der Waals surface area (Å²) in [4.78, 5) is 0. The summed E-state index contributed by atoms with van der Waals surface area (Å²) in [7, 11) is 0. The predicted molar refractivity (Wildman–Crippen MR) is 296 cm³/mol. The first-order valence-electron chi connectivity index (χ1n) is 26.5. The van der Waals surface area contributed by atoms with Crippen LogP contribution in [0.5, 0.6) is 0 Å². The molecule has 0 unspecified atom stereocenters. The zero-order chi connectivity index (χ0) is 45.7. The van der Waals surface area contributed by atoms with Crippen LogP contribution in [-0.4, -0.2) is 0 Å². The molecule has 0 aromatic heterocycles. The average molecular weight is 887 g/mol. The van der Waals surface area contributed by atoms with Crippen LogP contribution in [0.1, 0.15) is 184 Å². The van der Waals surface area contributed by atoms with Crippen molar-refractivity contribution in [3.05, 3.63) is 224 Å². The van der Waals surface area contributed by atoms with Crippen LogP contribution in [0.25, 0.3) is 58.7 Å². The Labute approximate surface area is 408 Å². The molecular formula is C68H70. The second kappa shape index (κ2) is 22.7. The number of allylic oxidation sites excluding steroid dienone is 4. The largest absolute Gasteiger partial charge is 0.0696 e. The molecule has 0 heteroatoms.